The number of carbonyl (C=O) groups is 1. The summed E-state index contributed by atoms with van der Waals surface area (Å²) in [5.41, 5.74) is 0.563. The van der Waals surface area contributed by atoms with Crippen molar-refractivity contribution in [2.24, 2.45) is 4.99 Å². The third kappa shape index (κ3) is 7.64. The van der Waals surface area contributed by atoms with Crippen molar-refractivity contribution in [1.29, 1.82) is 0 Å². The molecule has 8 heteroatoms. The normalized spacial score (nSPS) is 11.6. The SMILES string of the molecule is CCNC(=NCc1cc(OC)c(OC)cc1OC)NCC(=O)NC(C)(C)C. The Morgan fingerprint density at radius 2 is 1.59 bits per heavy atom. The first-order valence-corrected chi connectivity index (χ1v) is 8.86. The number of carbonyl (C=O) groups excluding carboxylic acids is 1. The summed E-state index contributed by atoms with van der Waals surface area (Å²) >= 11 is 0. The molecule has 1 amide bonds. The van der Waals surface area contributed by atoms with Crippen molar-refractivity contribution in [1.82, 2.24) is 16.0 Å². The van der Waals surface area contributed by atoms with Crippen molar-refractivity contribution >= 4 is 11.9 Å². The lowest BCUT2D eigenvalue weighted by atomic mass is 10.1. The fourth-order valence-corrected chi connectivity index (χ4v) is 2.35. The summed E-state index contributed by atoms with van der Waals surface area (Å²) in [6, 6.07) is 3.60. The molecule has 1 rings (SSSR count). The third-order valence-electron chi connectivity index (χ3n) is 3.47. The topological polar surface area (TPSA) is 93.2 Å². The predicted molar refractivity (Wildman–Crippen MR) is 107 cm³/mol. The summed E-state index contributed by atoms with van der Waals surface area (Å²) in [6.45, 7) is 8.93. The number of rotatable bonds is 8. The van der Waals surface area contributed by atoms with Crippen LogP contribution >= 0.6 is 0 Å². The minimum Gasteiger partial charge on any atom is -0.496 e. The van der Waals surface area contributed by atoms with E-state index in [0.717, 1.165) is 5.56 Å². The van der Waals surface area contributed by atoms with Gasteiger partial charge in [-0.15, -0.1) is 0 Å². The Bertz CT molecular complexity index is 654. The number of ether oxygens (including phenoxy) is 3. The maximum absolute atomic E-state index is 12.0. The van der Waals surface area contributed by atoms with Crippen LogP contribution in [0.25, 0.3) is 0 Å². The minimum atomic E-state index is -0.277. The van der Waals surface area contributed by atoms with E-state index in [1.807, 2.05) is 33.8 Å². The van der Waals surface area contributed by atoms with E-state index in [0.29, 0.717) is 36.3 Å². The van der Waals surface area contributed by atoms with Gasteiger partial charge in [0.1, 0.15) is 5.75 Å². The van der Waals surface area contributed by atoms with Crippen LogP contribution in [0.5, 0.6) is 17.2 Å². The van der Waals surface area contributed by atoms with Gasteiger partial charge in [-0.2, -0.15) is 0 Å². The monoisotopic (exact) mass is 380 g/mol. The molecule has 0 saturated carbocycles. The number of benzene rings is 1. The molecule has 1 aromatic carbocycles. The highest BCUT2D eigenvalue weighted by Crippen LogP contribution is 2.34. The van der Waals surface area contributed by atoms with Crippen molar-refractivity contribution < 1.29 is 19.0 Å². The second-order valence-corrected chi connectivity index (χ2v) is 6.87. The van der Waals surface area contributed by atoms with Gasteiger partial charge in [-0.3, -0.25) is 4.79 Å². The van der Waals surface area contributed by atoms with E-state index in [4.69, 9.17) is 14.2 Å². The largest absolute Gasteiger partial charge is 0.496 e. The van der Waals surface area contributed by atoms with Crippen LogP contribution in [0, 0.1) is 0 Å². The molecule has 3 N–H and O–H groups in total. The lowest BCUT2D eigenvalue weighted by Crippen LogP contribution is -2.48. The van der Waals surface area contributed by atoms with Crippen LogP contribution in [0.4, 0.5) is 0 Å². The first kappa shape index (κ1) is 22.4. The average molecular weight is 380 g/mol. The standard InChI is InChI=1S/C19H32N4O4/c1-8-20-18(22-12-17(24)23-19(2,3)4)21-11-13-9-15(26-6)16(27-7)10-14(13)25-5/h9-10H,8,11-12H2,1-7H3,(H,23,24)(H2,20,21,22). The molecule has 0 aromatic heterocycles. The highest BCUT2D eigenvalue weighted by atomic mass is 16.5. The fourth-order valence-electron chi connectivity index (χ4n) is 2.35. The van der Waals surface area contributed by atoms with Gasteiger partial charge in [0.05, 0.1) is 34.4 Å². The average Bonchev–Trinajstić information content (AvgIpc) is 2.61. The van der Waals surface area contributed by atoms with Gasteiger partial charge in [-0.1, -0.05) is 0 Å². The van der Waals surface area contributed by atoms with E-state index in [9.17, 15) is 4.79 Å². The molecular formula is C19H32N4O4. The van der Waals surface area contributed by atoms with Gasteiger partial charge in [-0.05, 0) is 33.8 Å². The number of nitrogens with one attached hydrogen (secondary N) is 3. The van der Waals surface area contributed by atoms with Crippen LogP contribution in [0.2, 0.25) is 0 Å². The van der Waals surface area contributed by atoms with Crippen LogP contribution < -0.4 is 30.2 Å². The van der Waals surface area contributed by atoms with Crippen LogP contribution in [-0.4, -0.2) is 51.8 Å². The summed E-state index contributed by atoms with van der Waals surface area (Å²) in [4.78, 5) is 16.5. The zero-order valence-corrected chi connectivity index (χ0v) is 17.4. The van der Waals surface area contributed by atoms with E-state index >= 15 is 0 Å². The van der Waals surface area contributed by atoms with E-state index in [1.54, 1.807) is 27.4 Å². The molecule has 0 spiro atoms. The summed E-state index contributed by atoms with van der Waals surface area (Å²) in [6.07, 6.45) is 0. The molecular weight excluding hydrogens is 348 g/mol. The number of guanidine groups is 1. The number of hydrogen-bond donors (Lipinski definition) is 3. The van der Waals surface area contributed by atoms with E-state index in [2.05, 4.69) is 20.9 Å². The van der Waals surface area contributed by atoms with Crippen molar-refractivity contribution in [2.45, 2.75) is 39.8 Å². The van der Waals surface area contributed by atoms with Crippen molar-refractivity contribution in [2.75, 3.05) is 34.4 Å². The third-order valence-corrected chi connectivity index (χ3v) is 3.47. The molecule has 152 valence electrons. The highest BCUT2D eigenvalue weighted by molar-refractivity contribution is 5.86. The van der Waals surface area contributed by atoms with Gasteiger partial charge >= 0.3 is 0 Å². The number of hydrogen-bond acceptors (Lipinski definition) is 5. The van der Waals surface area contributed by atoms with Gasteiger partial charge in [0.2, 0.25) is 5.91 Å². The van der Waals surface area contributed by atoms with Crippen LogP contribution in [-0.2, 0) is 11.3 Å². The van der Waals surface area contributed by atoms with Crippen molar-refractivity contribution in [3.8, 4) is 17.2 Å². The second-order valence-electron chi connectivity index (χ2n) is 6.87. The summed E-state index contributed by atoms with van der Waals surface area (Å²) in [7, 11) is 4.75. The molecule has 27 heavy (non-hydrogen) atoms. The summed E-state index contributed by atoms with van der Waals surface area (Å²) < 4.78 is 16.1. The Kier molecular flexibility index (Phi) is 8.71. The van der Waals surface area contributed by atoms with Crippen molar-refractivity contribution in [3.63, 3.8) is 0 Å². The maximum Gasteiger partial charge on any atom is 0.239 e. The number of nitrogens with zero attached hydrogens (tertiary/aromatic N) is 1. The van der Waals surface area contributed by atoms with Gasteiger partial charge in [0, 0.05) is 23.7 Å². The number of aliphatic imine (C=N–C) groups is 1. The molecule has 0 atom stereocenters. The van der Waals surface area contributed by atoms with Gasteiger partial charge in [0.15, 0.2) is 17.5 Å². The lowest BCUT2D eigenvalue weighted by molar-refractivity contribution is -0.121. The predicted octanol–water partition coefficient (Wildman–Crippen LogP) is 1.68. The second kappa shape index (κ2) is 10.5. The fraction of sp³-hybridized carbons (Fsp3) is 0.579. The first-order valence-electron chi connectivity index (χ1n) is 8.86. The quantitative estimate of drug-likeness (QED) is 0.469. The minimum absolute atomic E-state index is 0.100. The lowest BCUT2D eigenvalue weighted by Gasteiger charge is -2.21. The molecule has 1 aromatic rings. The molecule has 0 aliphatic carbocycles. The van der Waals surface area contributed by atoms with Crippen LogP contribution in [0.15, 0.2) is 17.1 Å². The number of amides is 1. The smallest absolute Gasteiger partial charge is 0.239 e. The van der Waals surface area contributed by atoms with E-state index in [1.165, 1.54) is 0 Å². The Morgan fingerprint density at radius 1 is 1.00 bits per heavy atom. The molecule has 0 saturated heterocycles. The Balaban J connectivity index is 2.89. The molecule has 0 aliphatic heterocycles. The Hall–Kier alpha value is -2.64. The van der Waals surface area contributed by atoms with Crippen molar-refractivity contribution in [3.05, 3.63) is 17.7 Å². The van der Waals surface area contributed by atoms with Crippen LogP contribution in [0.1, 0.15) is 33.3 Å². The molecule has 0 heterocycles. The number of methoxy groups -OCH3 is 3. The van der Waals surface area contributed by atoms with Gasteiger partial charge in [0.25, 0.3) is 0 Å². The zero-order valence-electron chi connectivity index (χ0n) is 17.4. The first-order chi connectivity index (χ1) is 12.7. The van der Waals surface area contributed by atoms with Crippen LogP contribution in [0.3, 0.4) is 0 Å². The molecule has 0 unspecified atom stereocenters. The Morgan fingerprint density at radius 3 is 2.11 bits per heavy atom. The molecule has 8 nitrogen and oxygen atoms in total. The van der Waals surface area contributed by atoms with E-state index < -0.39 is 0 Å². The molecule has 0 bridgehead atoms. The van der Waals surface area contributed by atoms with E-state index in [-0.39, 0.29) is 18.0 Å². The maximum atomic E-state index is 12.0. The van der Waals surface area contributed by atoms with Gasteiger partial charge in [-0.25, -0.2) is 4.99 Å². The summed E-state index contributed by atoms with van der Waals surface area (Å²) in [5.74, 6) is 2.28. The Labute approximate surface area is 161 Å². The highest BCUT2D eigenvalue weighted by Gasteiger charge is 2.14. The summed E-state index contributed by atoms with van der Waals surface area (Å²) in [5, 5.41) is 9.06. The molecule has 0 aliphatic rings. The van der Waals surface area contributed by atoms with Gasteiger partial charge < -0.3 is 30.2 Å². The molecule has 0 fully saturated rings. The molecule has 0 radical (unpaired) electrons. The zero-order chi connectivity index (χ0) is 20.4.